The van der Waals surface area contributed by atoms with Gasteiger partial charge in [-0.2, -0.15) is 13.2 Å². The van der Waals surface area contributed by atoms with E-state index in [2.05, 4.69) is 26.2 Å². The summed E-state index contributed by atoms with van der Waals surface area (Å²) >= 11 is 3.06. The molecule has 0 saturated carbocycles. The van der Waals surface area contributed by atoms with E-state index in [0.29, 0.717) is 10.9 Å². The number of halogens is 5. The Morgan fingerprint density at radius 1 is 1.29 bits per heavy atom. The zero-order valence-electron chi connectivity index (χ0n) is 8.82. The molecular formula is C10H11BrF4N2. The van der Waals surface area contributed by atoms with Crippen molar-refractivity contribution in [2.75, 3.05) is 11.9 Å². The summed E-state index contributed by atoms with van der Waals surface area (Å²) in [7, 11) is 0. The Morgan fingerprint density at radius 2 is 2.00 bits per heavy atom. The van der Waals surface area contributed by atoms with Gasteiger partial charge in [0.15, 0.2) is 11.6 Å². The number of alkyl halides is 3. The van der Waals surface area contributed by atoms with Gasteiger partial charge in [0, 0.05) is 23.6 Å². The van der Waals surface area contributed by atoms with Crippen molar-refractivity contribution in [1.29, 1.82) is 0 Å². The van der Waals surface area contributed by atoms with E-state index in [1.54, 1.807) is 0 Å². The molecule has 0 fully saturated rings. The monoisotopic (exact) mass is 314 g/mol. The van der Waals surface area contributed by atoms with Gasteiger partial charge in [-0.1, -0.05) is 0 Å². The van der Waals surface area contributed by atoms with Gasteiger partial charge >= 0.3 is 6.18 Å². The number of anilines is 1. The highest BCUT2D eigenvalue weighted by atomic mass is 79.9. The van der Waals surface area contributed by atoms with Crippen molar-refractivity contribution in [1.82, 2.24) is 4.98 Å². The minimum absolute atomic E-state index is 0.0225. The number of hydrogen-bond donors (Lipinski definition) is 1. The summed E-state index contributed by atoms with van der Waals surface area (Å²) in [6.45, 7) is 0.266. The zero-order chi connectivity index (χ0) is 12.9. The third kappa shape index (κ3) is 5.86. The summed E-state index contributed by atoms with van der Waals surface area (Å²) in [5.74, 6) is -0.476. The van der Waals surface area contributed by atoms with Crippen LogP contribution in [-0.4, -0.2) is 17.7 Å². The van der Waals surface area contributed by atoms with Crippen LogP contribution in [0.1, 0.15) is 19.3 Å². The Balaban J connectivity index is 2.27. The quantitative estimate of drug-likeness (QED) is 0.653. The number of pyridine rings is 1. The van der Waals surface area contributed by atoms with Crippen molar-refractivity contribution < 1.29 is 17.6 Å². The largest absolute Gasteiger partial charge is 0.389 e. The van der Waals surface area contributed by atoms with Gasteiger partial charge in [0.2, 0.25) is 0 Å². The Bertz CT molecular complexity index is 368. The Hall–Kier alpha value is -0.850. The molecule has 0 aromatic carbocycles. The molecule has 0 atom stereocenters. The van der Waals surface area contributed by atoms with Crippen LogP contribution >= 0.6 is 15.9 Å². The van der Waals surface area contributed by atoms with Gasteiger partial charge < -0.3 is 5.32 Å². The van der Waals surface area contributed by atoms with Gasteiger partial charge in [-0.25, -0.2) is 9.37 Å². The minimum atomic E-state index is -4.12. The van der Waals surface area contributed by atoms with Gasteiger partial charge in [0.25, 0.3) is 0 Å². The number of nitrogens with zero attached hydrogens (tertiary/aromatic N) is 1. The summed E-state index contributed by atoms with van der Waals surface area (Å²) in [5, 5.41) is 2.65. The molecule has 7 heteroatoms. The molecule has 1 aromatic heterocycles. The highest BCUT2D eigenvalue weighted by Gasteiger charge is 2.25. The molecule has 0 aliphatic rings. The first kappa shape index (κ1) is 14.2. The fourth-order valence-electron chi connectivity index (χ4n) is 1.20. The van der Waals surface area contributed by atoms with Crippen molar-refractivity contribution in [2.45, 2.75) is 25.4 Å². The summed E-state index contributed by atoms with van der Waals surface area (Å²) in [4.78, 5) is 3.77. The summed E-state index contributed by atoms with van der Waals surface area (Å²) in [6, 6.07) is 1.24. The molecule has 1 aromatic rings. The lowest BCUT2D eigenvalue weighted by molar-refractivity contribution is -0.135. The second-order valence-electron chi connectivity index (χ2n) is 3.48. The third-order valence-corrected chi connectivity index (χ3v) is 2.42. The highest BCUT2D eigenvalue weighted by Crippen LogP contribution is 2.22. The molecule has 0 aliphatic carbocycles. The van der Waals surface area contributed by atoms with Crippen LogP contribution in [0.4, 0.5) is 23.4 Å². The van der Waals surface area contributed by atoms with Crippen molar-refractivity contribution in [3.63, 3.8) is 0 Å². The molecule has 2 nitrogen and oxygen atoms in total. The van der Waals surface area contributed by atoms with E-state index in [9.17, 15) is 17.6 Å². The Kier molecular flexibility index (Phi) is 5.17. The first-order chi connectivity index (χ1) is 7.88. The lowest BCUT2D eigenvalue weighted by Crippen LogP contribution is -2.09. The summed E-state index contributed by atoms with van der Waals surface area (Å²) in [5.41, 5.74) is 0. The predicted molar refractivity (Wildman–Crippen MR) is 60.3 cm³/mol. The molecule has 1 heterocycles. The number of nitrogens with one attached hydrogen (secondary N) is 1. The molecule has 0 aliphatic heterocycles. The third-order valence-electron chi connectivity index (χ3n) is 1.99. The van der Waals surface area contributed by atoms with Crippen LogP contribution in [0, 0.1) is 5.82 Å². The van der Waals surface area contributed by atoms with Crippen molar-refractivity contribution >= 4 is 21.7 Å². The standard InChI is InChI=1S/C10H11BrF4N2/c11-7-5-8(12)9(17-6-7)16-4-2-1-3-10(13,14)15/h5-6H,1-4H2,(H,16,17). The lowest BCUT2D eigenvalue weighted by atomic mass is 10.2. The van der Waals surface area contributed by atoms with Crippen LogP contribution in [0.25, 0.3) is 0 Å². The SMILES string of the molecule is Fc1cc(Br)cnc1NCCCCC(F)(F)F. The highest BCUT2D eigenvalue weighted by molar-refractivity contribution is 9.10. The molecule has 0 unspecified atom stereocenters. The average Bonchev–Trinajstić information content (AvgIpc) is 2.18. The molecule has 1 rings (SSSR count). The second kappa shape index (κ2) is 6.18. The minimum Gasteiger partial charge on any atom is -0.368 e. The fourth-order valence-corrected chi connectivity index (χ4v) is 1.51. The van der Waals surface area contributed by atoms with E-state index in [1.165, 1.54) is 12.3 Å². The molecule has 0 saturated heterocycles. The molecule has 0 bridgehead atoms. The van der Waals surface area contributed by atoms with Gasteiger partial charge in [0.05, 0.1) is 0 Å². The van der Waals surface area contributed by atoms with Crippen molar-refractivity contribution in [3.05, 3.63) is 22.6 Å². The van der Waals surface area contributed by atoms with E-state index in [-0.39, 0.29) is 18.8 Å². The normalized spacial score (nSPS) is 11.6. The molecular weight excluding hydrogens is 304 g/mol. The van der Waals surface area contributed by atoms with Gasteiger partial charge in [-0.15, -0.1) is 0 Å². The molecule has 1 N–H and O–H groups in total. The molecule has 0 spiro atoms. The van der Waals surface area contributed by atoms with Crippen molar-refractivity contribution in [2.24, 2.45) is 0 Å². The van der Waals surface area contributed by atoms with E-state index < -0.39 is 18.4 Å². The number of rotatable bonds is 5. The Morgan fingerprint density at radius 3 is 2.59 bits per heavy atom. The molecule has 17 heavy (non-hydrogen) atoms. The van der Waals surface area contributed by atoms with E-state index in [0.717, 1.165) is 0 Å². The smallest absolute Gasteiger partial charge is 0.368 e. The van der Waals surface area contributed by atoms with Gasteiger partial charge in [0.1, 0.15) is 0 Å². The first-order valence-corrected chi connectivity index (χ1v) is 5.79. The Labute approximate surface area is 105 Å². The maximum atomic E-state index is 13.2. The van der Waals surface area contributed by atoms with Gasteiger partial charge in [-0.05, 0) is 34.8 Å². The second-order valence-corrected chi connectivity index (χ2v) is 4.40. The van der Waals surface area contributed by atoms with Crippen LogP contribution in [0.3, 0.4) is 0 Å². The number of unbranched alkanes of at least 4 members (excludes halogenated alkanes) is 1. The molecule has 0 radical (unpaired) electrons. The van der Waals surface area contributed by atoms with Crippen LogP contribution in [0.15, 0.2) is 16.7 Å². The number of hydrogen-bond acceptors (Lipinski definition) is 2. The molecule has 0 amide bonds. The average molecular weight is 315 g/mol. The number of aromatic nitrogens is 1. The maximum Gasteiger partial charge on any atom is 0.389 e. The first-order valence-electron chi connectivity index (χ1n) is 5.00. The predicted octanol–water partition coefficient (Wildman–Crippen LogP) is 4.13. The van der Waals surface area contributed by atoms with Crippen molar-refractivity contribution in [3.8, 4) is 0 Å². The van der Waals surface area contributed by atoms with E-state index in [4.69, 9.17) is 0 Å². The van der Waals surface area contributed by atoms with Gasteiger partial charge in [-0.3, -0.25) is 0 Å². The summed E-state index contributed by atoms with van der Waals surface area (Å²) in [6.07, 6.45) is -3.18. The van der Waals surface area contributed by atoms with E-state index >= 15 is 0 Å². The topological polar surface area (TPSA) is 24.9 Å². The van der Waals surface area contributed by atoms with Crippen LogP contribution < -0.4 is 5.32 Å². The van der Waals surface area contributed by atoms with E-state index in [1.807, 2.05) is 0 Å². The lowest BCUT2D eigenvalue weighted by Gasteiger charge is -2.08. The van der Waals surface area contributed by atoms with Crippen LogP contribution in [0.2, 0.25) is 0 Å². The fraction of sp³-hybridized carbons (Fsp3) is 0.500. The molecule has 96 valence electrons. The maximum absolute atomic E-state index is 13.2. The van der Waals surface area contributed by atoms with Crippen LogP contribution in [0.5, 0.6) is 0 Å². The zero-order valence-corrected chi connectivity index (χ0v) is 10.4. The van der Waals surface area contributed by atoms with Crippen LogP contribution in [-0.2, 0) is 0 Å². The summed E-state index contributed by atoms with van der Waals surface area (Å²) < 4.78 is 49.2.